The van der Waals surface area contributed by atoms with Crippen LogP contribution in [0.15, 0.2) is 43.0 Å². The highest BCUT2D eigenvalue weighted by Crippen LogP contribution is 2.09. The number of nitrogens with zero attached hydrogens (tertiary/aromatic N) is 5. The van der Waals surface area contributed by atoms with Gasteiger partial charge in [-0.2, -0.15) is 5.10 Å². The third kappa shape index (κ3) is 3.03. The molecule has 0 aliphatic carbocycles. The molecule has 22 heavy (non-hydrogen) atoms. The van der Waals surface area contributed by atoms with Gasteiger partial charge in [0.2, 0.25) is 5.95 Å². The molecule has 1 N–H and O–H groups in total. The molecule has 7 heteroatoms. The van der Waals surface area contributed by atoms with Crippen LogP contribution < -0.4 is 5.32 Å². The van der Waals surface area contributed by atoms with Gasteiger partial charge in [-0.1, -0.05) is 24.3 Å². The lowest BCUT2D eigenvalue weighted by molar-refractivity contribution is 0.102. The second-order valence-electron chi connectivity index (χ2n) is 5.05. The molecule has 3 aromatic rings. The maximum atomic E-state index is 12.0. The zero-order valence-corrected chi connectivity index (χ0v) is 12.4. The number of anilines is 1. The average Bonchev–Trinajstić information content (AvgIpc) is 3.11. The number of amides is 1. The monoisotopic (exact) mass is 296 g/mol. The van der Waals surface area contributed by atoms with Crippen molar-refractivity contribution >= 4 is 11.9 Å². The normalized spacial score (nSPS) is 10.6. The Balaban J connectivity index is 1.69. The summed E-state index contributed by atoms with van der Waals surface area (Å²) in [6.07, 6.45) is 4.74. The molecule has 0 radical (unpaired) electrons. The molecule has 1 aromatic carbocycles. The smallest absolute Gasteiger partial charge is 0.261 e. The number of hydrogen-bond acceptors (Lipinski definition) is 4. The van der Waals surface area contributed by atoms with Crippen LogP contribution in [0.3, 0.4) is 0 Å². The maximum absolute atomic E-state index is 12.0. The van der Waals surface area contributed by atoms with Crippen molar-refractivity contribution in [2.75, 3.05) is 5.32 Å². The fraction of sp³-hybridized carbons (Fsp3) is 0.200. The molecule has 0 saturated carbocycles. The van der Waals surface area contributed by atoms with Crippen molar-refractivity contribution in [2.24, 2.45) is 7.05 Å². The van der Waals surface area contributed by atoms with Crippen LogP contribution in [0.5, 0.6) is 0 Å². The molecular formula is C15H16N6O. The second-order valence-corrected chi connectivity index (χ2v) is 5.05. The Morgan fingerprint density at radius 2 is 2.14 bits per heavy atom. The Labute approximate surface area is 127 Å². The molecule has 0 bridgehead atoms. The van der Waals surface area contributed by atoms with Crippen molar-refractivity contribution in [1.82, 2.24) is 24.5 Å². The van der Waals surface area contributed by atoms with E-state index in [1.807, 2.05) is 18.2 Å². The van der Waals surface area contributed by atoms with Crippen LogP contribution in [0.25, 0.3) is 0 Å². The number of hydrogen-bond donors (Lipinski definition) is 1. The molecule has 2 heterocycles. The van der Waals surface area contributed by atoms with Gasteiger partial charge in [0.25, 0.3) is 5.91 Å². The van der Waals surface area contributed by atoms with Gasteiger partial charge in [-0.25, -0.2) is 9.67 Å². The van der Waals surface area contributed by atoms with Crippen LogP contribution in [-0.4, -0.2) is 30.5 Å². The molecule has 0 aliphatic heterocycles. The highest BCUT2D eigenvalue weighted by molar-refractivity contribution is 6.02. The SMILES string of the molecule is Cc1ccccc1Cn1cnc(NC(=O)c2cnn(C)c2)n1. The number of aromatic nitrogens is 5. The number of aryl methyl sites for hydroxylation is 2. The third-order valence-corrected chi connectivity index (χ3v) is 3.32. The number of carbonyl (C=O) groups excluding carboxylic acids is 1. The summed E-state index contributed by atoms with van der Waals surface area (Å²) < 4.78 is 3.26. The van der Waals surface area contributed by atoms with E-state index in [0.29, 0.717) is 12.1 Å². The summed E-state index contributed by atoms with van der Waals surface area (Å²) in [5.74, 6) is 0.00387. The second kappa shape index (κ2) is 5.80. The third-order valence-electron chi connectivity index (χ3n) is 3.32. The molecule has 1 amide bonds. The molecule has 0 fully saturated rings. The molecule has 0 aliphatic rings. The Bertz CT molecular complexity index is 804. The van der Waals surface area contributed by atoms with E-state index < -0.39 is 0 Å². The Kier molecular flexibility index (Phi) is 3.69. The topological polar surface area (TPSA) is 77.6 Å². The van der Waals surface area contributed by atoms with E-state index in [4.69, 9.17) is 0 Å². The molecule has 112 valence electrons. The molecule has 0 unspecified atom stereocenters. The van der Waals surface area contributed by atoms with E-state index in [1.165, 1.54) is 11.8 Å². The zero-order chi connectivity index (χ0) is 15.5. The first-order chi connectivity index (χ1) is 10.6. The number of benzene rings is 1. The van der Waals surface area contributed by atoms with E-state index in [1.54, 1.807) is 28.9 Å². The van der Waals surface area contributed by atoms with Crippen molar-refractivity contribution in [3.63, 3.8) is 0 Å². The quantitative estimate of drug-likeness (QED) is 0.793. The Morgan fingerprint density at radius 1 is 1.32 bits per heavy atom. The van der Waals surface area contributed by atoms with Gasteiger partial charge in [-0.15, -0.1) is 5.10 Å². The van der Waals surface area contributed by atoms with Crippen LogP contribution in [-0.2, 0) is 13.6 Å². The van der Waals surface area contributed by atoms with Gasteiger partial charge in [0, 0.05) is 13.2 Å². The Morgan fingerprint density at radius 3 is 2.86 bits per heavy atom. The van der Waals surface area contributed by atoms with E-state index in [-0.39, 0.29) is 11.9 Å². The van der Waals surface area contributed by atoms with Crippen molar-refractivity contribution in [3.05, 3.63) is 59.7 Å². The lowest BCUT2D eigenvalue weighted by Crippen LogP contribution is -2.13. The predicted molar refractivity (Wildman–Crippen MR) is 81.5 cm³/mol. The summed E-state index contributed by atoms with van der Waals surface area (Å²) in [5, 5.41) is 10.9. The number of carbonyl (C=O) groups is 1. The van der Waals surface area contributed by atoms with Crippen molar-refractivity contribution in [3.8, 4) is 0 Å². The minimum absolute atomic E-state index is 0.276. The van der Waals surface area contributed by atoms with Gasteiger partial charge in [-0.3, -0.25) is 14.8 Å². The molecule has 7 nitrogen and oxygen atoms in total. The lowest BCUT2D eigenvalue weighted by atomic mass is 10.1. The number of nitrogens with one attached hydrogen (secondary N) is 1. The van der Waals surface area contributed by atoms with Crippen LogP contribution in [0, 0.1) is 6.92 Å². The number of rotatable bonds is 4. The van der Waals surface area contributed by atoms with E-state index in [0.717, 1.165) is 5.56 Å². The molecule has 0 saturated heterocycles. The highest BCUT2D eigenvalue weighted by atomic mass is 16.1. The summed E-state index contributed by atoms with van der Waals surface area (Å²) in [5.41, 5.74) is 2.83. The summed E-state index contributed by atoms with van der Waals surface area (Å²) in [4.78, 5) is 16.1. The van der Waals surface area contributed by atoms with Crippen LogP contribution in [0.1, 0.15) is 21.5 Å². The molecular weight excluding hydrogens is 280 g/mol. The van der Waals surface area contributed by atoms with E-state index >= 15 is 0 Å². The fourth-order valence-electron chi connectivity index (χ4n) is 2.10. The molecule has 0 spiro atoms. The summed E-state index contributed by atoms with van der Waals surface area (Å²) in [6, 6.07) is 8.09. The minimum Gasteiger partial charge on any atom is -0.289 e. The van der Waals surface area contributed by atoms with Gasteiger partial charge in [0.05, 0.1) is 18.3 Å². The minimum atomic E-state index is -0.276. The summed E-state index contributed by atoms with van der Waals surface area (Å²) in [6.45, 7) is 2.67. The average molecular weight is 296 g/mol. The fourth-order valence-corrected chi connectivity index (χ4v) is 2.10. The highest BCUT2D eigenvalue weighted by Gasteiger charge is 2.11. The molecule has 2 aromatic heterocycles. The van der Waals surface area contributed by atoms with E-state index in [9.17, 15) is 4.79 Å². The largest absolute Gasteiger partial charge is 0.289 e. The summed E-state index contributed by atoms with van der Waals surface area (Å²) in [7, 11) is 1.76. The lowest BCUT2D eigenvalue weighted by Gasteiger charge is -2.04. The maximum Gasteiger partial charge on any atom is 0.261 e. The van der Waals surface area contributed by atoms with Gasteiger partial charge in [-0.05, 0) is 18.1 Å². The van der Waals surface area contributed by atoms with Crippen LogP contribution in [0.2, 0.25) is 0 Å². The van der Waals surface area contributed by atoms with Gasteiger partial charge in [0.1, 0.15) is 6.33 Å². The summed E-state index contributed by atoms with van der Waals surface area (Å²) >= 11 is 0. The predicted octanol–water partition coefficient (Wildman–Crippen LogP) is 1.62. The van der Waals surface area contributed by atoms with E-state index in [2.05, 4.69) is 33.5 Å². The first kappa shape index (κ1) is 14.0. The van der Waals surface area contributed by atoms with Crippen LogP contribution >= 0.6 is 0 Å². The molecule has 3 rings (SSSR count). The first-order valence-electron chi connectivity index (χ1n) is 6.86. The zero-order valence-electron chi connectivity index (χ0n) is 12.4. The first-order valence-corrected chi connectivity index (χ1v) is 6.86. The van der Waals surface area contributed by atoms with Gasteiger partial charge in [0.15, 0.2) is 0 Å². The van der Waals surface area contributed by atoms with Crippen molar-refractivity contribution in [2.45, 2.75) is 13.5 Å². The molecule has 0 atom stereocenters. The van der Waals surface area contributed by atoms with Gasteiger partial charge >= 0.3 is 0 Å². The van der Waals surface area contributed by atoms with Gasteiger partial charge < -0.3 is 0 Å². The standard InChI is InChI=1S/C15H16N6O/c1-11-5-3-4-6-12(11)9-21-10-16-15(19-21)18-14(22)13-7-17-20(2)8-13/h3-8,10H,9H2,1-2H3,(H,18,19,22). The van der Waals surface area contributed by atoms with Crippen molar-refractivity contribution < 1.29 is 4.79 Å². The van der Waals surface area contributed by atoms with Crippen LogP contribution in [0.4, 0.5) is 5.95 Å². The Hall–Kier alpha value is -2.96. The van der Waals surface area contributed by atoms with Crippen molar-refractivity contribution in [1.29, 1.82) is 0 Å².